The molecular weight excluding hydrogens is 344 g/mol. The third-order valence-electron chi connectivity index (χ3n) is 5.23. The molecule has 0 amide bonds. The van der Waals surface area contributed by atoms with Crippen LogP contribution >= 0.6 is 0 Å². The highest BCUT2D eigenvalue weighted by molar-refractivity contribution is 7.89. The van der Waals surface area contributed by atoms with Gasteiger partial charge in [-0.1, -0.05) is 25.7 Å². The average molecular weight is 370 g/mol. The molecular formula is C17H26N2O5S. The van der Waals surface area contributed by atoms with Gasteiger partial charge in [-0.05, 0) is 32.6 Å². The Kier molecular flexibility index (Phi) is 5.48. The Hall–Kier alpha value is -1.41. The van der Waals surface area contributed by atoms with E-state index in [1.54, 1.807) is 11.2 Å². The second-order valence-electron chi connectivity index (χ2n) is 6.88. The van der Waals surface area contributed by atoms with Gasteiger partial charge < -0.3 is 9.15 Å². The highest BCUT2D eigenvalue weighted by Crippen LogP contribution is 2.37. The summed E-state index contributed by atoms with van der Waals surface area (Å²) < 4.78 is 38.3. The standard InChI is InChI=1S/C17H26N2O5S/c1-12-15(17(20)23-2)18-16(24-12)14-10-6-7-11-19(14)25(21,22)13-8-4-3-5-9-13/h13-14H,3-11H2,1-2H3/t14-/m0/s1. The predicted molar refractivity (Wildman–Crippen MR) is 91.7 cm³/mol. The molecule has 1 aliphatic carbocycles. The lowest BCUT2D eigenvalue weighted by Gasteiger charge is -2.36. The van der Waals surface area contributed by atoms with Crippen LogP contribution in [0.1, 0.15) is 79.5 Å². The van der Waals surface area contributed by atoms with Crippen molar-refractivity contribution in [1.29, 1.82) is 0 Å². The fraction of sp³-hybridized carbons (Fsp3) is 0.765. The number of sulfonamides is 1. The van der Waals surface area contributed by atoms with Crippen LogP contribution in [0.5, 0.6) is 0 Å². The number of aryl methyl sites for hydroxylation is 1. The number of carbonyl (C=O) groups excluding carboxylic acids is 1. The molecule has 1 atom stereocenters. The molecule has 3 rings (SSSR count). The Bertz CT molecular complexity index is 721. The summed E-state index contributed by atoms with van der Waals surface area (Å²) in [6.07, 6.45) is 6.90. The molecule has 1 saturated heterocycles. The van der Waals surface area contributed by atoms with Gasteiger partial charge in [-0.25, -0.2) is 18.2 Å². The first kappa shape index (κ1) is 18.4. The molecule has 1 aromatic heterocycles. The van der Waals surface area contributed by atoms with Gasteiger partial charge in [0.1, 0.15) is 11.8 Å². The van der Waals surface area contributed by atoms with E-state index in [2.05, 4.69) is 4.98 Å². The summed E-state index contributed by atoms with van der Waals surface area (Å²) in [5.74, 6) is 0.101. The molecule has 25 heavy (non-hydrogen) atoms. The SMILES string of the molecule is COC(=O)c1nc([C@@H]2CCCCN2S(=O)(=O)C2CCCCC2)oc1C. The predicted octanol–water partition coefficient (Wildman–Crippen LogP) is 2.96. The average Bonchev–Trinajstić information content (AvgIpc) is 3.03. The molecule has 2 fully saturated rings. The summed E-state index contributed by atoms with van der Waals surface area (Å²) in [7, 11) is -2.11. The normalized spacial score (nSPS) is 23.5. The van der Waals surface area contributed by atoms with Gasteiger partial charge in [-0.2, -0.15) is 4.31 Å². The minimum absolute atomic E-state index is 0.123. The summed E-state index contributed by atoms with van der Waals surface area (Å²) in [6, 6.07) is -0.433. The number of oxazole rings is 1. The lowest BCUT2D eigenvalue weighted by molar-refractivity contribution is 0.0592. The fourth-order valence-electron chi connectivity index (χ4n) is 3.86. The second-order valence-corrected chi connectivity index (χ2v) is 9.04. The number of carbonyl (C=O) groups is 1. The van der Waals surface area contributed by atoms with Gasteiger partial charge in [-0.3, -0.25) is 0 Å². The van der Waals surface area contributed by atoms with Gasteiger partial charge >= 0.3 is 5.97 Å². The number of ether oxygens (including phenoxy) is 1. The third-order valence-corrected chi connectivity index (χ3v) is 7.64. The molecule has 0 radical (unpaired) electrons. The Morgan fingerprint density at radius 3 is 2.52 bits per heavy atom. The van der Waals surface area contributed by atoms with E-state index in [0.29, 0.717) is 24.6 Å². The van der Waals surface area contributed by atoms with Crippen LogP contribution in [-0.2, 0) is 14.8 Å². The van der Waals surface area contributed by atoms with Crippen LogP contribution < -0.4 is 0 Å². The van der Waals surface area contributed by atoms with Crippen LogP contribution in [0.25, 0.3) is 0 Å². The van der Waals surface area contributed by atoms with Crippen LogP contribution in [0.3, 0.4) is 0 Å². The summed E-state index contributed by atoms with van der Waals surface area (Å²) >= 11 is 0. The van der Waals surface area contributed by atoms with Gasteiger partial charge in [0.2, 0.25) is 15.9 Å². The number of methoxy groups -OCH3 is 1. The number of piperidine rings is 1. The summed E-state index contributed by atoms with van der Waals surface area (Å²) in [4.78, 5) is 16.0. The van der Waals surface area contributed by atoms with Crippen LogP contribution in [0.15, 0.2) is 4.42 Å². The maximum Gasteiger partial charge on any atom is 0.360 e. The van der Waals surface area contributed by atoms with Gasteiger partial charge in [-0.15, -0.1) is 0 Å². The topological polar surface area (TPSA) is 89.7 Å². The second kappa shape index (κ2) is 7.45. The van der Waals surface area contributed by atoms with Crippen molar-refractivity contribution in [3.05, 3.63) is 17.3 Å². The smallest absolute Gasteiger partial charge is 0.360 e. The van der Waals surface area contributed by atoms with Crippen LogP contribution in [0.2, 0.25) is 0 Å². The van der Waals surface area contributed by atoms with E-state index < -0.39 is 22.0 Å². The first-order chi connectivity index (χ1) is 11.9. The Morgan fingerprint density at radius 2 is 1.84 bits per heavy atom. The fourth-order valence-corrected chi connectivity index (χ4v) is 6.10. The van der Waals surface area contributed by atoms with Crippen molar-refractivity contribution in [3.8, 4) is 0 Å². The molecule has 2 aliphatic rings. The molecule has 0 aromatic carbocycles. The zero-order chi connectivity index (χ0) is 18.0. The summed E-state index contributed by atoms with van der Waals surface area (Å²) in [5.41, 5.74) is 0.123. The van der Waals surface area contributed by atoms with E-state index in [1.165, 1.54) is 7.11 Å². The molecule has 1 aliphatic heterocycles. The van der Waals surface area contributed by atoms with E-state index in [4.69, 9.17) is 9.15 Å². The highest BCUT2D eigenvalue weighted by atomic mass is 32.2. The Balaban J connectivity index is 1.90. The monoisotopic (exact) mass is 370 g/mol. The highest BCUT2D eigenvalue weighted by Gasteiger charge is 2.41. The molecule has 2 heterocycles. The van der Waals surface area contributed by atoms with E-state index >= 15 is 0 Å². The zero-order valence-corrected chi connectivity index (χ0v) is 15.7. The van der Waals surface area contributed by atoms with Gasteiger partial charge in [0.15, 0.2) is 5.69 Å². The Morgan fingerprint density at radius 1 is 1.16 bits per heavy atom. The molecule has 7 nitrogen and oxygen atoms in total. The van der Waals surface area contributed by atoms with Gasteiger partial charge in [0, 0.05) is 6.54 Å². The molecule has 1 saturated carbocycles. The van der Waals surface area contributed by atoms with Crippen molar-refractivity contribution in [2.75, 3.05) is 13.7 Å². The third kappa shape index (κ3) is 3.60. The minimum Gasteiger partial charge on any atom is -0.464 e. The van der Waals surface area contributed by atoms with Crippen molar-refractivity contribution in [3.63, 3.8) is 0 Å². The molecule has 1 aromatic rings. The lowest BCUT2D eigenvalue weighted by Crippen LogP contribution is -2.44. The van der Waals surface area contributed by atoms with E-state index in [0.717, 1.165) is 44.9 Å². The number of nitrogens with zero attached hydrogens (tertiary/aromatic N) is 2. The maximum atomic E-state index is 13.2. The quantitative estimate of drug-likeness (QED) is 0.757. The van der Waals surface area contributed by atoms with Crippen molar-refractivity contribution in [2.45, 2.75) is 69.6 Å². The van der Waals surface area contributed by atoms with Crippen molar-refractivity contribution in [2.24, 2.45) is 0 Å². The van der Waals surface area contributed by atoms with E-state index in [9.17, 15) is 13.2 Å². The van der Waals surface area contributed by atoms with Gasteiger partial charge in [0.25, 0.3) is 0 Å². The number of esters is 1. The number of hydrogen-bond donors (Lipinski definition) is 0. The lowest BCUT2D eigenvalue weighted by atomic mass is 10.0. The molecule has 0 unspecified atom stereocenters. The van der Waals surface area contributed by atoms with Crippen molar-refractivity contribution >= 4 is 16.0 Å². The van der Waals surface area contributed by atoms with E-state index in [1.807, 2.05) is 0 Å². The van der Waals surface area contributed by atoms with Gasteiger partial charge in [0.05, 0.1) is 12.4 Å². The first-order valence-corrected chi connectivity index (χ1v) is 10.5. The molecule has 140 valence electrons. The molecule has 0 bridgehead atoms. The molecule has 0 spiro atoms. The molecule has 8 heteroatoms. The zero-order valence-electron chi connectivity index (χ0n) is 14.9. The number of hydrogen-bond acceptors (Lipinski definition) is 6. The number of aromatic nitrogens is 1. The van der Waals surface area contributed by atoms with Crippen LogP contribution in [-0.4, -0.2) is 42.6 Å². The minimum atomic E-state index is -3.39. The maximum absolute atomic E-state index is 13.2. The first-order valence-electron chi connectivity index (χ1n) is 9.01. The number of rotatable bonds is 4. The van der Waals surface area contributed by atoms with Crippen LogP contribution in [0, 0.1) is 6.92 Å². The Labute approximate surface area is 148 Å². The van der Waals surface area contributed by atoms with Crippen molar-refractivity contribution in [1.82, 2.24) is 9.29 Å². The summed E-state index contributed by atoms with van der Waals surface area (Å²) in [5, 5.41) is -0.307. The summed E-state index contributed by atoms with van der Waals surface area (Å²) in [6.45, 7) is 2.13. The molecule has 0 N–H and O–H groups in total. The largest absolute Gasteiger partial charge is 0.464 e. The van der Waals surface area contributed by atoms with Crippen molar-refractivity contribution < 1.29 is 22.4 Å². The van der Waals surface area contributed by atoms with Crippen LogP contribution in [0.4, 0.5) is 0 Å². The van der Waals surface area contributed by atoms with E-state index in [-0.39, 0.29) is 10.9 Å².